The van der Waals surface area contributed by atoms with E-state index in [4.69, 9.17) is 4.74 Å². The van der Waals surface area contributed by atoms with Gasteiger partial charge in [-0.2, -0.15) is 5.26 Å². The fraction of sp³-hybridized carbons (Fsp3) is 0.476. The van der Waals surface area contributed by atoms with Crippen LogP contribution >= 0.6 is 0 Å². The summed E-state index contributed by atoms with van der Waals surface area (Å²) in [5.74, 6) is 1.39. The summed E-state index contributed by atoms with van der Waals surface area (Å²) in [4.78, 5) is 8.78. The number of ether oxygens (including phenoxy) is 1. The second-order valence-corrected chi connectivity index (χ2v) is 7.72. The van der Waals surface area contributed by atoms with E-state index in [9.17, 15) is 5.26 Å². The van der Waals surface area contributed by atoms with Gasteiger partial charge in [-0.15, -0.1) is 0 Å². The van der Waals surface area contributed by atoms with Gasteiger partial charge in [-0.3, -0.25) is 0 Å². The molecule has 140 valence electrons. The molecule has 2 saturated heterocycles. The highest BCUT2D eigenvalue weighted by atomic mass is 16.5. The number of aromatic nitrogens is 2. The largest absolute Gasteiger partial charge is 0.474 e. The van der Waals surface area contributed by atoms with Crippen molar-refractivity contribution in [2.45, 2.75) is 64.6 Å². The third kappa shape index (κ3) is 3.60. The molecule has 0 amide bonds. The Labute approximate surface area is 160 Å². The summed E-state index contributed by atoms with van der Waals surface area (Å²) >= 11 is 0. The molecule has 0 saturated carbocycles. The Balaban J connectivity index is 1.54. The minimum atomic E-state index is 0.212. The average molecular weight is 363 g/mol. The van der Waals surface area contributed by atoms with Crippen molar-refractivity contribution in [1.82, 2.24) is 15.3 Å². The zero-order valence-corrected chi connectivity index (χ0v) is 16.0. The lowest BCUT2D eigenvalue weighted by Gasteiger charge is -2.29. The number of benzene rings is 1. The molecule has 4 rings (SSSR count). The summed E-state index contributed by atoms with van der Waals surface area (Å²) in [6.45, 7) is 5.91. The normalized spacial score (nSPS) is 23.7. The van der Waals surface area contributed by atoms with Crippen molar-refractivity contribution in [3.63, 3.8) is 0 Å². The zero-order valence-electron chi connectivity index (χ0n) is 16.0. The van der Waals surface area contributed by atoms with Gasteiger partial charge in [0, 0.05) is 17.8 Å². The maximum absolute atomic E-state index is 9.19. The number of aryl methyl sites for hydroxylation is 2. The summed E-state index contributed by atoms with van der Waals surface area (Å²) in [5.41, 5.74) is 4.50. The van der Waals surface area contributed by atoms with Crippen molar-refractivity contribution in [2.24, 2.45) is 0 Å². The van der Waals surface area contributed by atoms with Gasteiger partial charge in [-0.1, -0.05) is 0 Å². The van der Waals surface area contributed by atoms with Crippen LogP contribution in [0.3, 0.4) is 0 Å². The highest BCUT2D eigenvalue weighted by molar-refractivity contribution is 5.66. The summed E-state index contributed by atoms with van der Waals surface area (Å²) in [5, 5.41) is 16.2. The molecule has 0 radical (unpaired) electrons. The lowest BCUT2D eigenvalue weighted by atomic mass is 10.0. The first kappa shape index (κ1) is 17.7. The molecule has 6 heteroatoms. The van der Waals surface area contributed by atoms with E-state index < -0.39 is 0 Å². The molecule has 0 aliphatic carbocycles. The van der Waals surface area contributed by atoms with Crippen LogP contribution in [0.2, 0.25) is 0 Å². The van der Waals surface area contributed by atoms with Gasteiger partial charge >= 0.3 is 0 Å². The molecule has 2 aliphatic heterocycles. The molecular formula is C21H25N5O. The Morgan fingerprint density at radius 3 is 2.56 bits per heavy atom. The number of nitrogens with zero attached hydrogens (tertiary/aromatic N) is 3. The molecule has 2 fully saturated rings. The standard InChI is InChI=1S/C21H25N5O/c1-12-7-19(13(2)6-15(12)10-22)26-20-14(3)21(24-11-23-20)27-18-8-16-4-5-17(9-18)25-16/h6-7,11,16-18,25H,4-5,8-9H2,1-3H3,(H,23,24,26). The maximum atomic E-state index is 9.19. The first-order valence-corrected chi connectivity index (χ1v) is 9.56. The minimum absolute atomic E-state index is 0.212. The van der Waals surface area contributed by atoms with Crippen LogP contribution in [0, 0.1) is 32.1 Å². The van der Waals surface area contributed by atoms with E-state index in [1.165, 1.54) is 12.8 Å². The van der Waals surface area contributed by atoms with Gasteiger partial charge in [0.05, 0.1) is 17.2 Å². The van der Waals surface area contributed by atoms with Gasteiger partial charge in [0.2, 0.25) is 5.88 Å². The van der Waals surface area contributed by atoms with E-state index in [1.54, 1.807) is 6.33 Å². The van der Waals surface area contributed by atoms with Crippen molar-refractivity contribution in [1.29, 1.82) is 5.26 Å². The average Bonchev–Trinajstić information content (AvgIpc) is 2.99. The lowest BCUT2D eigenvalue weighted by molar-refractivity contribution is 0.131. The van der Waals surface area contributed by atoms with E-state index in [2.05, 4.69) is 26.7 Å². The first-order valence-electron chi connectivity index (χ1n) is 9.56. The van der Waals surface area contributed by atoms with Gasteiger partial charge in [-0.05, 0) is 69.7 Å². The van der Waals surface area contributed by atoms with Crippen LogP contribution in [0.1, 0.15) is 47.9 Å². The molecule has 2 bridgehead atoms. The van der Waals surface area contributed by atoms with Gasteiger partial charge in [-0.25, -0.2) is 9.97 Å². The molecule has 0 spiro atoms. The van der Waals surface area contributed by atoms with Crippen LogP contribution < -0.4 is 15.4 Å². The molecule has 2 aliphatic rings. The number of anilines is 2. The Kier molecular flexibility index (Phi) is 4.71. The van der Waals surface area contributed by atoms with E-state index in [-0.39, 0.29) is 6.10 Å². The molecule has 2 aromatic rings. The van der Waals surface area contributed by atoms with Crippen LogP contribution in [0.4, 0.5) is 11.5 Å². The molecule has 2 N–H and O–H groups in total. The quantitative estimate of drug-likeness (QED) is 0.862. The smallest absolute Gasteiger partial charge is 0.221 e. The van der Waals surface area contributed by atoms with Gasteiger partial charge in [0.1, 0.15) is 18.2 Å². The Morgan fingerprint density at radius 2 is 1.85 bits per heavy atom. The van der Waals surface area contributed by atoms with Crippen molar-refractivity contribution < 1.29 is 4.74 Å². The van der Waals surface area contributed by atoms with Crippen LogP contribution in [-0.4, -0.2) is 28.2 Å². The van der Waals surface area contributed by atoms with Crippen LogP contribution in [0.25, 0.3) is 0 Å². The van der Waals surface area contributed by atoms with E-state index in [1.807, 2.05) is 32.9 Å². The number of nitriles is 1. The molecule has 6 nitrogen and oxygen atoms in total. The number of fused-ring (bicyclic) bond motifs is 2. The zero-order chi connectivity index (χ0) is 19.0. The highest BCUT2D eigenvalue weighted by Gasteiger charge is 2.34. The summed E-state index contributed by atoms with van der Waals surface area (Å²) in [7, 11) is 0. The fourth-order valence-electron chi connectivity index (χ4n) is 4.14. The molecule has 2 unspecified atom stereocenters. The Hall–Kier alpha value is -2.65. The Bertz CT molecular complexity index is 892. The third-order valence-electron chi connectivity index (χ3n) is 5.69. The monoisotopic (exact) mass is 363 g/mol. The summed E-state index contributed by atoms with van der Waals surface area (Å²) in [6.07, 6.45) is 6.33. The van der Waals surface area contributed by atoms with Gasteiger partial charge in [0.25, 0.3) is 0 Å². The first-order chi connectivity index (χ1) is 13.0. The fourth-order valence-corrected chi connectivity index (χ4v) is 4.14. The number of piperidine rings is 1. The topological polar surface area (TPSA) is 82.9 Å². The SMILES string of the molecule is Cc1cc(Nc2ncnc(OC3CC4CCC(C3)N4)c2C)c(C)cc1C#N. The van der Waals surface area contributed by atoms with Crippen molar-refractivity contribution in [2.75, 3.05) is 5.32 Å². The van der Waals surface area contributed by atoms with Crippen LogP contribution in [-0.2, 0) is 0 Å². The van der Waals surface area contributed by atoms with Crippen LogP contribution in [0.5, 0.6) is 5.88 Å². The highest BCUT2D eigenvalue weighted by Crippen LogP contribution is 2.32. The summed E-state index contributed by atoms with van der Waals surface area (Å²) in [6, 6.07) is 7.28. The van der Waals surface area contributed by atoms with Crippen molar-refractivity contribution in [3.8, 4) is 11.9 Å². The number of nitrogens with one attached hydrogen (secondary N) is 2. The molecular weight excluding hydrogens is 338 g/mol. The van der Waals surface area contributed by atoms with Gasteiger partial charge in [0.15, 0.2) is 0 Å². The second kappa shape index (κ2) is 7.16. The molecule has 27 heavy (non-hydrogen) atoms. The number of hydrogen-bond donors (Lipinski definition) is 2. The second-order valence-electron chi connectivity index (χ2n) is 7.72. The lowest BCUT2D eigenvalue weighted by Crippen LogP contribution is -2.42. The van der Waals surface area contributed by atoms with Crippen molar-refractivity contribution >= 4 is 11.5 Å². The summed E-state index contributed by atoms with van der Waals surface area (Å²) < 4.78 is 6.26. The molecule has 1 aromatic carbocycles. The van der Waals surface area contributed by atoms with E-state index >= 15 is 0 Å². The van der Waals surface area contributed by atoms with Crippen LogP contribution in [0.15, 0.2) is 18.5 Å². The molecule has 3 heterocycles. The Morgan fingerprint density at radius 1 is 1.11 bits per heavy atom. The van der Waals surface area contributed by atoms with Gasteiger partial charge < -0.3 is 15.4 Å². The maximum Gasteiger partial charge on any atom is 0.221 e. The number of hydrogen-bond acceptors (Lipinski definition) is 6. The predicted octanol–water partition coefficient (Wildman–Crippen LogP) is 3.68. The molecule has 2 atom stereocenters. The predicted molar refractivity (Wildman–Crippen MR) is 104 cm³/mol. The number of rotatable bonds is 4. The van der Waals surface area contributed by atoms with E-state index in [0.717, 1.165) is 41.0 Å². The van der Waals surface area contributed by atoms with E-state index in [0.29, 0.717) is 23.5 Å². The minimum Gasteiger partial charge on any atom is -0.474 e. The third-order valence-corrected chi connectivity index (χ3v) is 5.69. The van der Waals surface area contributed by atoms with Crippen molar-refractivity contribution in [3.05, 3.63) is 40.7 Å². The molecule has 1 aromatic heterocycles.